The highest BCUT2D eigenvalue weighted by molar-refractivity contribution is 7.80. The van der Waals surface area contributed by atoms with Crippen molar-refractivity contribution in [1.29, 1.82) is 0 Å². The van der Waals surface area contributed by atoms with Crippen LogP contribution < -0.4 is 20.2 Å². The van der Waals surface area contributed by atoms with Gasteiger partial charge in [-0.1, -0.05) is 19.9 Å². The lowest BCUT2D eigenvalue weighted by atomic mass is 10.1. The molecule has 0 saturated heterocycles. The van der Waals surface area contributed by atoms with E-state index in [1.807, 2.05) is 18.2 Å². The zero-order valence-corrected chi connectivity index (χ0v) is 14.8. The van der Waals surface area contributed by atoms with Crippen molar-refractivity contribution in [3.63, 3.8) is 0 Å². The van der Waals surface area contributed by atoms with Crippen molar-refractivity contribution < 1.29 is 9.47 Å². The van der Waals surface area contributed by atoms with E-state index in [1.165, 1.54) is 0 Å². The molecule has 5 nitrogen and oxygen atoms in total. The molecule has 0 fully saturated rings. The lowest BCUT2D eigenvalue weighted by molar-refractivity contribution is 0.273. The Morgan fingerprint density at radius 1 is 1.39 bits per heavy atom. The van der Waals surface area contributed by atoms with Crippen LogP contribution in [-0.4, -0.2) is 31.6 Å². The van der Waals surface area contributed by atoms with Gasteiger partial charge in [0.25, 0.3) is 0 Å². The van der Waals surface area contributed by atoms with Crippen molar-refractivity contribution in [2.75, 3.05) is 20.3 Å². The number of hydrogen-bond donors (Lipinski definition) is 2. The van der Waals surface area contributed by atoms with E-state index in [2.05, 4.69) is 36.3 Å². The smallest absolute Gasteiger partial charge is 0.187 e. The number of ether oxygens (including phenoxy) is 2. The average Bonchev–Trinajstić information content (AvgIpc) is 2.53. The van der Waals surface area contributed by atoms with Gasteiger partial charge in [-0.25, -0.2) is 0 Å². The van der Waals surface area contributed by atoms with Gasteiger partial charge in [-0.05, 0) is 48.3 Å². The van der Waals surface area contributed by atoms with Crippen LogP contribution >= 0.6 is 12.2 Å². The Hall–Kier alpha value is -2.08. The van der Waals surface area contributed by atoms with Crippen molar-refractivity contribution >= 4 is 23.5 Å². The summed E-state index contributed by atoms with van der Waals surface area (Å²) in [6, 6.07) is 5.67. The Bertz CT molecular complexity index is 545. The normalized spacial score (nSPS) is 10.6. The first kappa shape index (κ1) is 19.0. The van der Waals surface area contributed by atoms with Gasteiger partial charge in [-0.15, -0.1) is 6.58 Å². The van der Waals surface area contributed by atoms with Crippen LogP contribution in [0.2, 0.25) is 0 Å². The SMILES string of the molecule is C=CCNC(=S)N/N=C/c1ccc(OCCC(C)C)c(OC)c1. The number of hydrogen-bond acceptors (Lipinski definition) is 4. The lowest BCUT2D eigenvalue weighted by Gasteiger charge is -2.12. The van der Waals surface area contributed by atoms with E-state index in [9.17, 15) is 0 Å². The van der Waals surface area contributed by atoms with E-state index in [0.29, 0.717) is 29.9 Å². The zero-order chi connectivity index (χ0) is 17.1. The third-order valence-corrected chi connectivity index (χ3v) is 3.16. The first-order valence-corrected chi connectivity index (χ1v) is 7.96. The van der Waals surface area contributed by atoms with Crippen molar-refractivity contribution in [3.8, 4) is 11.5 Å². The molecule has 0 unspecified atom stereocenters. The van der Waals surface area contributed by atoms with Crippen LogP contribution in [0.25, 0.3) is 0 Å². The molecule has 0 bridgehead atoms. The first-order valence-electron chi connectivity index (χ1n) is 7.55. The number of hydrazone groups is 1. The maximum atomic E-state index is 5.76. The minimum absolute atomic E-state index is 0.446. The molecule has 0 saturated carbocycles. The summed E-state index contributed by atoms with van der Waals surface area (Å²) in [5, 5.41) is 7.45. The molecule has 1 rings (SSSR count). The minimum atomic E-state index is 0.446. The summed E-state index contributed by atoms with van der Waals surface area (Å²) in [5.74, 6) is 2.03. The molecule has 2 N–H and O–H groups in total. The van der Waals surface area contributed by atoms with Crippen LogP contribution in [0.4, 0.5) is 0 Å². The van der Waals surface area contributed by atoms with Gasteiger partial charge in [0.1, 0.15) is 0 Å². The monoisotopic (exact) mass is 335 g/mol. The average molecular weight is 335 g/mol. The largest absolute Gasteiger partial charge is 0.493 e. The highest BCUT2D eigenvalue weighted by Crippen LogP contribution is 2.27. The number of thiocarbonyl (C=S) groups is 1. The maximum absolute atomic E-state index is 5.76. The van der Waals surface area contributed by atoms with Gasteiger partial charge in [0.05, 0.1) is 19.9 Å². The molecule has 126 valence electrons. The zero-order valence-electron chi connectivity index (χ0n) is 14.0. The van der Waals surface area contributed by atoms with Crippen LogP contribution in [0.1, 0.15) is 25.8 Å². The highest BCUT2D eigenvalue weighted by Gasteiger charge is 2.05. The van der Waals surface area contributed by atoms with Gasteiger partial charge in [0, 0.05) is 6.54 Å². The van der Waals surface area contributed by atoms with Crippen molar-refractivity contribution in [3.05, 3.63) is 36.4 Å². The van der Waals surface area contributed by atoms with Crippen LogP contribution in [0.3, 0.4) is 0 Å². The quantitative estimate of drug-likeness (QED) is 0.314. The van der Waals surface area contributed by atoms with E-state index in [0.717, 1.165) is 17.7 Å². The second kappa shape index (κ2) is 10.6. The van der Waals surface area contributed by atoms with Crippen molar-refractivity contribution in [1.82, 2.24) is 10.7 Å². The number of rotatable bonds is 9. The standard InChI is InChI=1S/C17H25N3O2S/c1-5-9-18-17(23)20-19-12-14-6-7-15(16(11-14)21-4)22-10-8-13(2)3/h5-7,11-13H,1,8-10H2,2-4H3,(H2,18,20,23)/b19-12+. The molecule has 0 atom stereocenters. The Balaban J connectivity index is 2.60. The fourth-order valence-corrected chi connectivity index (χ4v) is 1.79. The molecule has 0 aliphatic carbocycles. The van der Waals surface area contributed by atoms with E-state index in [4.69, 9.17) is 21.7 Å². The number of benzene rings is 1. The highest BCUT2D eigenvalue weighted by atomic mass is 32.1. The molecule has 0 radical (unpaired) electrons. The van der Waals surface area contributed by atoms with Crippen molar-refractivity contribution in [2.45, 2.75) is 20.3 Å². The fourth-order valence-electron chi connectivity index (χ4n) is 1.66. The molecule has 0 aliphatic rings. The predicted octanol–water partition coefficient (Wildman–Crippen LogP) is 3.10. The molecule has 1 aromatic rings. The molecular weight excluding hydrogens is 310 g/mol. The molecule has 1 aromatic carbocycles. The number of methoxy groups -OCH3 is 1. The first-order chi connectivity index (χ1) is 11.1. The summed E-state index contributed by atoms with van der Waals surface area (Å²) >= 11 is 5.04. The summed E-state index contributed by atoms with van der Waals surface area (Å²) in [6.45, 7) is 9.21. The fraction of sp³-hybridized carbons (Fsp3) is 0.412. The van der Waals surface area contributed by atoms with Crippen LogP contribution in [0, 0.1) is 5.92 Å². The van der Waals surface area contributed by atoms with E-state index in [1.54, 1.807) is 19.4 Å². The van der Waals surface area contributed by atoms with Gasteiger partial charge in [0.15, 0.2) is 16.6 Å². The maximum Gasteiger partial charge on any atom is 0.187 e. The molecular formula is C17H25N3O2S. The lowest BCUT2D eigenvalue weighted by Crippen LogP contribution is -2.31. The molecule has 0 amide bonds. The molecule has 6 heteroatoms. The third-order valence-electron chi connectivity index (χ3n) is 2.93. The Morgan fingerprint density at radius 3 is 2.83 bits per heavy atom. The Morgan fingerprint density at radius 2 is 2.17 bits per heavy atom. The third kappa shape index (κ3) is 7.65. The molecule has 0 aromatic heterocycles. The van der Waals surface area contributed by atoms with Gasteiger partial charge < -0.3 is 14.8 Å². The van der Waals surface area contributed by atoms with E-state index < -0.39 is 0 Å². The number of nitrogens with one attached hydrogen (secondary N) is 2. The van der Waals surface area contributed by atoms with Crippen LogP contribution in [-0.2, 0) is 0 Å². The van der Waals surface area contributed by atoms with E-state index >= 15 is 0 Å². The second-order valence-electron chi connectivity index (χ2n) is 5.31. The Kier molecular flexibility index (Phi) is 8.75. The molecule has 0 spiro atoms. The van der Waals surface area contributed by atoms with E-state index in [-0.39, 0.29) is 0 Å². The van der Waals surface area contributed by atoms with Gasteiger partial charge >= 0.3 is 0 Å². The Labute approximate surface area is 143 Å². The molecule has 0 heterocycles. The van der Waals surface area contributed by atoms with Gasteiger partial charge in [-0.2, -0.15) is 5.10 Å². The number of nitrogens with zero attached hydrogens (tertiary/aromatic N) is 1. The molecule has 23 heavy (non-hydrogen) atoms. The summed E-state index contributed by atoms with van der Waals surface area (Å²) in [6.07, 6.45) is 4.40. The summed E-state index contributed by atoms with van der Waals surface area (Å²) < 4.78 is 11.1. The topological polar surface area (TPSA) is 54.9 Å². The molecule has 0 aliphatic heterocycles. The minimum Gasteiger partial charge on any atom is -0.493 e. The second-order valence-corrected chi connectivity index (χ2v) is 5.72. The predicted molar refractivity (Wildman–Crippen MR) is 99.5 cm³/mol. The summed E-state index contributed by atoms with van der Waals surface area (Å²) in [7, 11) is 1.62. The summed E-state index contributed by atoms with van der Waals surface area (Å²) in [4.78, 5) is 0. The van der Waals surface area contributed by atoms with Crippen LogP contribution in [0.15, 0.2) is 36.0 Å². The van der Waals surface area contributed by atoms with Gasteiger partial charge in [-0.3, -0.25) is 5.43 Å². The van der Waals surface area contributed by atoms with Gasteiger partial charge in [0.2, 0.25) is 0 Å². The summed E-state index contributed by atoms with van der Waals surface area (Å²) in [5.41, 5.74) is 3.62. The van der Waals surface area contributed by atoms with Crippen LogP contribution in [0.5, 0.6) is 11.5 Å². The van der Waals surface area contributed by atoms with Crippen molar-refractivity contribution in [2.24, 2.45) is 11.0 Å².